The van der Waals surface area contributed by atoms with Crippen molar-refractivity contribution in [3.63, 3.8) is 0 Å². The van der Waals surface area contributed by atoms with Crippen molar-refractivity contribution in [2.45, 2.75) is 18.5 Å². The van der Waals surface area contributed by atoms with E-state index in [0.29, 0.717) is 16.0 Å². The molecule has 2 aromatic carbocycles. The van der Waals surface area contributed by atoms with Crippen LogP contribution in [0.5, 0.6) is 5.75 Å². The van der Waals surface area contributed by atoms with Crippen molar-refractivity contribution in [1.29, 1.82) is 0 Å². The summed E-state index contributed by atoms with van der Waals surface area (Å²) in [5, 5.41) is 8.95. The summed E-state index contributed by atoms with van der Waals surface area (Å²) in [5.41, 5.74) is 7.88. The number of nitrogens with zero attached hydrogens (tertiary/aromatic N) is 3. The molecule has 134 valence electrons. The van der Waals surface area contributed by atoms with Gasteiger partial charge >= 0.3 is 0 Å². The maximum Gasteiger partial charge on any atom is 0.241 e. The van der Waals surface area contributed by atoms with Gasteiger partial charge in [-0.15, -0.1) is 5.10 Å². The number of nitrogen functional groups attached to an aromatic ring is 1. The minimum Gasteiger partial charge on any atom is -0.497 e. The van der Waals surface area contributed by atoms with Crippen LogP contribution in [0.15, 0.2) is 42.5 Å². The Morgan fingerprint density at radius 1 is 1.19 bits per heavy atom. The van der Waals surface area contributed by atoms with Crippen LogP contribution in [0.2, 0.25) is 10.0 Å². The van der Waals surface area contributed by atoms with Crippen LogP contribution in [-0.4, -0.2) is 21.9 Å². The zero-order chi connectivity index (χ0) is 18.3. The van der Waals surface area contributed by atoms with Crippen molar-refractivity contribution in [3.05, 3.63) is 63.6 Å². The Hall–Kier alpha value is -2.44. The molecule has 8 heteroatoms. The number of anilines is 2. The third kappa shape index (κ3) is 3.06. The van der Waals surface area contributed by atoms with Crippen LogP contribution in [-0.2, 0) is 0 Å². The topological polar surface area (TPSA) is 78.0 Å². The Bertz CT molecular complexity index is 941. The molecule has 2 heterocycles. The molecule has 0 radical (unpaired) electrons. The fourth-order valence-electron chi connectivity index (χ4n) is 3.29. The predicted molar refractivity (Wildman–Crippen MR) is 103 cm³/mol. The van der Waals surface area contributed by atoms with Crippen LogP contribution in [0, 0.1) is 0 Å². The van der Waals surface area contributed by atoms with E-state index in [2.05, 4.69) is 15.4 Å². The molecular formula is C18H17Cl2N5O. The summed E-state index contributed by atoms with van der Waals surface area (Å²) >= 11 is 12.5. The van der Waals surface area contributed by atoms with Crippen molar-refractivity contribution in [1.82, 2.24) is 14.8 Å². The van der Waals surface area contributed by atoms with E-state index >= 15 is 0 Å². The molecule has 3 N–H and O–H groups in total. The summed E-state index contributed by atoms with van der Waals surface area (Å²) in [7, 11) is 1.65. The molecule has 6 nitrogen and oxygen atoms in total. The highest BCUT2D eigenvalue weighted by Crippen LogP contribution is 2.40. The molecule has 0 saturated heterocycles. The van der Waals surface area contributed by atoms with Crippen LogP contribution in [0.25, 0.3) is 0 Å². The molecule has 0 saturated carbocycles. The van der Waals surface area contributed by atoms with Crippen molar-refractivity contribution in [2.75, 3.05) is 18.2 Å². The maximum absolute atomic E-state index is 6.42. The van der Waals surface area contributed by atoms with Gasteiger partial charge in [-0.05, 0) is 41.8 Å². The second-order valence-electron chi connectivity index (χ2n) is 6.13. The second-order valence-corrected chi connectivity index (χ2v) is 6.97. The third-order valence-electron chi connectivity index (χ3n) is 4.54. The van der Waals surface area contributed by atoms with E-state index in [1.807, 2.05) is 41.1 Å². The van der Waals surface area contributed by atoms with Gasteiger partial charge in [0, 0.05) is 10.0 Å². The summed E-state index contributed by atoms with van der Waals surface area (Å²) in [4.78, 5) is 4.31. The standard InChI is InChI=1S/C18H17Cl2N5O/c1-26-12-5-2-10(3-6-12)16-9-15(13-7-4-11(19)8-14(13)20)22-18-23-17(21)24-25(16)18/h2-8,15-16H,9H2,1H3,(H3,21,22,23,24)/t15-,16-/m1/s1. The highest BCUT2D eigenvalue weighted by molar-refractivity contribution is 6.35. The van der Waals surface area contributed by atoms with Crippen LogP contribution in [0.1, 0.15) is 29.6 Å². The third-order valence-corrected chi connectivity index (χ3v) is 5.11. The first kappa shape index (κ1) is 17.0. The van der Waals surface area contributed by atoms with Gasteiger partial charge in [-0.3, -0.25) is 0 Å². The van der Waals surface area contributed by atoms with E-state index < -0.39 is 0 Å². The number of halogens is 2. The Kier molecular flexibility index (Phi) is 4.38. The Morgan fingerprint density at radius 3 is 2.65 bits per heavy atom. The van der Waals surface area contributed by atoms with Gasteiger partial charge in [0.25, 0.3) is 0 Å². The normalized spacial score (nSPS) is 18.9. The van der Waals surface area contributed by atoms with Gasteiger partial charge in [-0.25, -0.2) is 4.68 Å². The first-order valence-electron chi connectivity index (χ1n) is 8.12. The number of nitrogens with two attached hydrogens (primary N) is 1. The highest BCUT2D eigenvalue weighted by atomic mass is 35.5. The van der Waals surface area contributed by atoms with Crippen LogP contribution < -0.4 is 15.8 Å². The number of rotatable bonds is 3. The largest absolute Gasteiger partial charge is 0.497 e. The first-order valence-corrected chi connectivity index (χ1v) is 8.88. The fourth-order valence-corrected chi connectivity index (χ4v) is 3.83. The summed E-state index contributed by atoms with van der Waals surface area (Å²) in [6.45, 7) is 0. The van der Waals surface area contributed by atoms with Crippen molar-refractivity contribution < 1.29 is 4.74 Å². The number of methoxy groups -OCH3 is 1. The molecule has 26 heavy (non-hydrogen) atoms. The summed E-state index contributed by atoms with van der Waals surface area (Å²) in [5.74, 6) is 1.65. The van der Waals surface area contributed by atoms with E-state index in [4.69, 9.17) is 33.7 Å². The molecule has 0 bridgehead atoms. The number of ether oxygens (including phenoxy) is 1. The number of aromatic nitrogens is 3. The molecule has 0 unspecified atom stereocenters. The maximum atomic E-state index is 6.42. The Morgan fingerprint density at radius 2 is 1.96 bits per heavy atom. The van der Waals surface area contributed by atoms with E-state index in [1.165, 1.54) is 0 Å². The molecule has 1 aromatic heterocycles. The van der Waals surface area contributed by atoms with Crippen LogP contribution in [0.3, 0.4) is 0 Å². The Labute approximate surface area is 160 Å². The average molecular weight is 390 g/mol. The van der Waals surface area contributed by atoms with E-state index in [1.54, 1.807) is 13.2 Å². The zero-order valence-corrected chi connectivity index (χ0v) is 15.5. The van der Waals surface area contributed by atoms with Crippen molar-refractivity contribution in [2.24, 2.45) is 0 Å². The number of hydrogen-bond acceptors (Lipinski definition) is 5. The first-order chi connectivity index (χ1) is 12.5. The molecule has 0 amide bonds. The van der Waals surface area contributed by atoms with Crippen molar-refractivity contribution in [3.8, 4) is 5.75 Å². The highest BCUT2D eigenvalue weighted by Gasteiger charge is 2.31. The lowest BCUT2D eigenvalue weighted by Crippen LogP contribution is -2.28. The lowest BCUT2D eigenvalue weighted by atomic mass is 9.93. The van der Waals surface area contributed by atoms with Gasteiger partial charge in [-0.1, -0.05) is 41.4 Å². The lowest BCUT2D eigenvalue weighted by Gasteiger charge is -2.32. The molecule has 1 aliphatic heterocycles. The SMILES string of the molecule is COc1ccc([C@H]2C[C@H](c3ccc(Cl)cc3Cl)Nc3nc(N)nn32)cc1. The summed E-state index contributed by atoms with van der Waals surface area (Å²) in [6.07, 6.45) is 0.740. The number of fused-ring (bicyclic) bond motifs is 1. The van der Waals surface area contributed by atoms with Crippen molar-refractivity contribution >= 4 is 35.1 Å². The fraction of sp³-hybridized carbons (Fsp3) is 0.222. The number of hydrogen-bond donors (Lipinski definition) is 2. The van der Waals surface area contributed by atoms with Gasteiger partial charge in [0.15, 0.2) is 0 Å². The number of benzene rings is 2. The minimum absolute atomic E-state index is 0.0290. The van der Waals surface area contributed by atoms with Gasteiger partial charge in [0.2, 0.25) is 11.9 Å². The molecule has 0 aliphatic carbocycles. The summed E-state index contributed by atoms with van der Waals surface area (Å²) in [6, 6.07) is 13.4. The molecule has 1 aliphatic rings. The quantitative estimate of drug-likeness (QED) is 0.697. The second kappa shape index (κ2) is 6.70. The molecular weight excluding hydrogens is 373 g/mol. The number of nitrogens with one attached hydrogen (secondary N) is 1. The van der Waals surface area contributed by atoms with E-state index in [9.17, 15) is 0 Å². The lowest BCUT2D eigenvalue weighted by molar-refractivity contribution is 0.411. The Balaban J connectivity index is 1.75. The van der Waals surface area contributed by atoms with Crippen LogP contribution in [0.4, 0.5) is 11.9 Å². The zero-order valence-electron chi connectivity index (χ0n) is 14.0. The predicted octanol–water partition coefficient (Wildman–Crippen LogP) is 4.32. The van der Waals surface area contributed by atoms with Gasteiger partial charge in [-0.2, -0.15) is 4.98 Å². The molecule has 4 rings (SSSR count). The molecule has 0 spiro atoms. The monoisotopic (exact) mass is 389 g/mol. The summed E-state index contributed by atoms with van der Waals surface area (Å²) < 4.78 is 7.07. The smallest absolute Gasteiger partial charge is 0.241 e. The molecule has 2 atom stereocenters. The molecule has 3 aromatic rings. The van der Waals surface area contributed by atoms with Gasteiger partial charge in [0.1, 0.15) is 5.75 Å². The van der Waals surface area contributed by atoms with Crippen LogP contribution >= 0.6 is 23.2 Å². The van der Waals surface area contributed by atoms with E-state index in [-0.39, 0.29) is 18.0 Å². The van der Waals surface area contributed by atoms with Gasteiger partial charge in [0.05, 0.1) is 19.2 Å². The minimum atomic E-state index is -0.0389. The molecule has 0 fully saturated rings. The van der Waals surface area contributed by atoms with E-state index in [0.717, 1.165) is 23.3 Å². The van der Waals surface area contributed by atoms with Gasteiger partial charge < -0.3 is 15.8 Å². The average Bonchev–Trinajstić information content (AvgIpc) is 3.01.